The average Bonchev–Trinajstić information content (AvgIpc) is 2.99. The van der Waals surface area contributed by atoms with E-state index in [0.717, 1.165) is 42.4 Å². The number of benzene rings is 1. The van der Waals surface area contributed by atoms with E-state index in [0.29, 0.717) is 5.92 Å². The number of rotatable bonds is 4. The third-order valence-corrected chi connectivity index (χ3v) is 4.35. The molecule has 1 aromatic carbocycles. The third-order valence-electron chi connectivity index (χ3n) is 4.35. The van der Waals surface area contributed by atoms with Crippen molar-refractivity contribution in [1.82, 2.24) is 15.3 Å². The smallest absolute Gasteiger partial charge is 0.323 e. The average molecular weight is 275 g/mol. The van der Waals surface area contributed by atoms with E-state index in [4.69, 9.17) is 0 Å². The van der Waals surface area contributed by atoms with Gasteiger partial charge in [0.1, 0.15) is 0 Å². The second kappa shape index (κ2) is 5.42. The van der Waals surface area contributed by atoms with E-state index in [2.05, 4.69) is 22.2 Å². The molecule has 5 heteroatoms. The monoisotopic (exact) mass is 275 g/mol. The number of imidazole rings is 1. The minimum absolute atomic E-state index is 0.154. The first kappa shape index (κ1) is 13.4. The Hall–Kier alpha value is -1.59. The van der Waals surface area contributed by atoms with Gasteiger partial charge in [0.2, 0.25) is 0 Å². The summed E-state index contributed by atoms with van der Waals surface area (Å²) in [6, 6.07) is 6.14. The van der Waals surface area contributed by atoms with Gasteiger partial charge in [-0.05, 0) is 43.4 Å². The first-order chi connectivity index (χ1) is 9.63. The molecule has 0 aliphatic heterocycles. The van der Waals surface area contributed by atoms with Crippen molar-refractivity contribution in [3.8, 4) is 0 Å². The van der Waals surface area contributed by atoms with Crippen LogP contribution in [0.25, 0.3) is 11.0 Å². The van der Waals surface area contributed by atoms with Crippen LogP contribution in [0.15, 0.2) is 23.0 Å². The maximum absolute atomic E-state index is 11.3. The van der Waals surface area contributed by atoms with Crippen molar-refractivity contribution in [2.75, 3.05) is 6.54 Å². The summed E-state index contributed by atoms with van der Waals surface area (Å²) in [6.45, 7) is 2.94. The molecule has 20 heavy (non-hydrogen) atoms. The van der Waals surface area contributed by atoms with Gasteiger partial charge < -0.3 is 20.4 Å². The maximum Gasteiger partial charge on any atom is 0.323 e. The molecule has 5 nitrogen and oxygen atoms in total. The molecule has 0 radical (unpaired) electrons. The fourth-order valence-corrected chi connectivity index (χ4v) is 3.02. The number of H-pyrrole nitrogens is 2. The van der Waals surface area contributed by atoms with Crippen LogP contribution in [0.4, 0.5) is 0 Å². The van der Waals surface area contributed by atoms with Crippen molar-refractivity contribution in [3.63, 3.8) is 0 Å². The highest BCUT2D eigenvalue weighted by Gasteiger charge is 2.25. The van der Waals surface area contributed by atoms with Crippen LogP contribution in [0, 0.1) is 5.92 Å². The molecular formula is C15H21N3O2. The lowest BCUT2D eigenvalue weighted by Crippen LogP contribution is -2.29. The number of aliphatic hydroxyl groups excluding tert-OH is 1. The normalized spacial score (nSPS) is 24.3. The van der Waals surface area contributed by atoms with Gasteiger partial charge in [0.05, 0.1) is 17.1 Å². The van der Waals surface area contributed by atoms with Gasteiger partial charge in [0.15, 0.2) is 0 Å². The van der Waals surface area contributed by atoms with Gasteiger partial charge in [-0.3, -0.25) is 0 Å². The van der Waals surface area contributed by atoms with E-state index in [1.165, 1.54) is 0 Å². The number of aromatic amines is 2. The molecule has 4 N–H and O–H groups in total. The standard InChI is InChI=1S/C15H21N3O2/c1-9(16-8-11-3-2-4-14(11)19)10-5-6-12-13(7-10)18-15(20)17-12/h5-7,9,11,14,16,19H,2-4,8H2,1H3,(H2,17,18,20). The molecule has 1 saturated carbocycles. The lowest BCUT2D eigenvalue weighted by Gasteiger charge is -2.19. The van der Waals surface area contributed by atoms with Crippen molar-refractivity contribution in [2.24, 2.45) is 5.92 Å². The number of fused-ring (bicyclic) bond motifs is 1. The lowest BCUT2D eigenvalue weighted by molar-refractivity contribution is 0.130. The van der Waals surface area contributed by atoms with E-state index in [1.54, 1.807) is 0 Å². The molecule has 0 amide bonds. The first-order valence-corrected chi connectivity index (χ1v) is 7.27. The Balaban J connectivity index is 1.68. The summed E-state index contributed by atoms with van der Waals surface area (Å²) >= 11 is 0. The van der Waals surface area contributed by atoms with E-state index >= 15 is 0 Å². The van der Waals surface area contributed by atoms with Crippen LogP contribution in [0.3, 0.4) is 0 Å². The van der Waals surface area contributed by atoms with Crippen molar-refractivity contribution >= 4 is 11.0 Å². The SMILES string of the molecule is CC(NCC1CCCC1O)c1ccc2[nH]c(=O)[nH]c2c1. The van der Waals surface area contributed by atoms with Crippen LogP contribution in [0.1, 0.15) is 37.8 Å². The largest absolute Gasteiger partial charge is 0.393 e. The summed E-state index contributed by atoms with van der Waals surface area (Å²) < 4.78 is 0. The molecule has 0 bridgehead atoms. The van der Waals surface area contributed by atoms with Crippen LogP contribution in [-0.2, 0) is 0 Å². The van der Waals surface area contributed by atoms with Crippen molar-refractivity contribution < 1.29 is 5.11 Å². The maximum atomic E-state index is 11.3. The first-order valence-electron chi connectivity index (χ1n) is 7.27. The van der Waals surface area contributed by atoms with Crippen LogP contribution >= 0.6 is 0 Å². The quantitative estimate of drug-likeness (QED) is 0.685. The van der Waals surface area contributed by atoms with Gasteiger partial charge >= 0.3 is 5.69 Å². The third kappa shape index (κ3) is 2.64. The lowest BCUT2D eigenvalue weighted by atomic mass is 10.0. The van der Waals surface area contributed by atoms with Crippen LogP contribution in [0.2, 0.25) is 0 Å². The van der Waals surface area contributed by atoms with E-state index in [-0.39, 0.29) is 17.8 Å². The molecule has 3 atom stereocenters. The summed E-state index contributed by atoms with van der Waals surface area (Å²) in [6.07, 6.45) is 3.00. The zero-order valence-electron chi connectivity index (χ0n) is 11.6. The predicted molar refractivity (Wildman–Crippen MR) is 78.7 cm³/mol. The molecule has 1 aromatic heterocycles. The molecule has 1 fully saturated rings. The molecule has 0 saturated heterocycles. The highest BCUT2D eigenvalue weighted by atomic mass is 16.3. The molecule has 3 rings (SSSR count). The topological polar surface area (TPSA) is 80.9 Å². The Labute approximate surface area is 117 Å². The molecule has 1 aliphatic rings. The second-order valence-corrected chi connectivity index (χ2v) is 5.77. The summed E-state index contributed by atoms with van der Waals surface area (Å²) in [4.78, 5) is 16.8. The summed E-state index contributed by atoms with van der Waals surface area (Å²) in [5.41, 5.74) is 2.63. The highest BCUT2D eigenvalue weighted by molar-refractivity contribution is 5.75. The number of nitrogens with one attached hydrogen (secondary N) is 3. The van der Waals surface area contributed by atoms with Gasteiger partial charge in [-0.25, -0.2) is 4.79 Å². The predicted octanol–water partition coefficient (Wildman–Crippen LogP) is 1.67. The van der Waals surface area contributed by atoms with E-state index in [9.17, 15) is 9.90 Å². The van der Waals surface area contributed by atoms with E-state index in [1.807, 2.05) is 18.2 Å². The zero-order valence-corrected chi connectivity index (χ0v) is 11.6. The minimum Gasteiger partial charge on any atom is -0.393 e. The molecular weight excluding hydrogens is 254 g/mol. The number of hydrogen-bond acceptors (Lipinski definition) is 3. The van der Waals surface area contributed by atoms with Gasteiger partial charge in [-0.1, -0.05) is 12.5 Å². The van der Waals surface area contributed by atoms with Crippen LogP contribution < -0.4 is 11.0 Å². The Morgan fingerprint density at radius 3 is 2.90 bits per heavy atom. The summed E-state index contributed by atoms with van der Waals surface area (Å²) in [5, 5.41) is 13.3. The van der Waals surface area contributed by atoms with Crippen LogP contribution in [0.5, 0.6) is 0 Å². The van der Waals surface area contributed by atoms with E-state index < -0.39 is 0 Å². The zero-order chi connectivity index (χ0) is 14.1. The number of aliphatic hydroxyl groups is 1. The Morgan fingerprint density at radius 2 is 2.15 bits per heavy atom. The summed E-state index contributed by atoms with van der Waals surface area (Å²) in [7, 11) is 0. The van der Waals surface area contributed by atoms with Crippen LogP contribution in [-0.4, -0.2) is 27.7 Å². The molecule has 0 spiro atoms. The molecule has 1 aliphatic carbocycles. The van der Waals surface area contributed by atoms with Gasteiger partial charge in [0.25, 0.3) is 0 Å². The summed E-state index contributed by atoms with van der Waals surface area (Å²) in [5.74, 6) is 0.369. The Bertz CT molecular complexity index is 646. The number of aromatic nitrogens is 2. The number of hydrogen-bond donors (Lipinski definition) is 4. The second-order valence-electron chi connectivity index (χ2n) is 5.77. The van der Waals surface area contributed by atoms with Gasteiger partial charge in [0, 0.05) is 12.6 Å². The Kier molecular flexibility index (Phi) is 3.63. The van der Waals surface area contributed by atoms with Crippen molar-refractivity contribution in [2.45, 2.75) is 38.3 Å². The fourth-order valence-electron chi connectivity index (χ4n) is 3.02. The molecule has 108 valence electrons. The van der Waals surface area contributed by atoms with Crippen molar-refractivity contribution in [1.29, 1.82) is 0 Å². The Morgan fingerprint density at radius 1 is 1.35 bits per heavy atom. The highest BCUT2D eigenvalue weighted by Crippen LogP contribution is 2.25. The van der Waals surface area contributed by atoms with Gasteiger partial charge in [-0.2, -0.15) is 0 Å². The fraction of sp³-hybridized carbons (Fsp3) is 0.533. The minimum atomic E-state index is -0.174. The molecule has 1 heterocycles. The molecule has 3 unspecified atom stereocenters. The van der Waals surface area contributed by atoms with Crippen molar-refractivity contribution in [3.05, 3.63) is 34.2 Å². The van der Waals surface area contributed by atoms with Gasteiger partial charge in [-0.15, -0.1) is 0 Å². The molecule has 2 aromatic rings.